The van der Waals surface area contributed by atoms with E-state index in [4.69, 9.17) is 16.1 Å². The number of carbonyl (C=O) groups is 1. The molecule has 6 heteroatoms. The number of piperidine rings is 1. The van der Waals surface area contributed by atoms with Crippen molar-refractivity contribution in [2.24, 2.45) is 0 Å². The average Bonchev–Trinajstić information content (AvgIpc) is 3.05. The van der Waals surface area contributed by atoms with E-state index in [0.717, 1.165) is 24.9 Å². The summed E-state index contributed by atoms with van der Waals surface area (Å²) in [5.74, 6) is 1.48. The molecule has 1 aromatic heterocycles. The van der Waals surface area contributed by atoms with Crippen molar-refractivity contribution in [3.05, 3.63) is 35.2 Å². The van der Waals surface area contributed by atoms with Gasteiger partial charge in [0.15, 0.2) is 0 Å². The molecule has 0 N–H and O–H groups in total. The Bertz CT molecular complexity index is 654. The number of likely N-dealkylation sites (tertiary alicyclic amines) is 1. The smallest absolute Gasteiger partial charge is 0.231 e. The van der Waals surface area contributed by atoms with Crippen LogP contribution in [-0.2, 0) is 4.79 Å². The first-order valence-electron chi connectivity index (χ1n) is 7.54. The topological polar surface area (TPSA) is 59.2 Å². The zero-order chi connectivity index (χ0) is 15.5. The van der Waals surface area contributed by atoms with Gasteiger partial charge < -0.3 is 9.42 Å². The monoisotopic (exact) mass is 319 g/mol. The molecule has 0 unspecified atom stereocenters. The van der Waals surface area contributed by atoms with Crippen molar-refractivity contribution >= 4 is 17.5 Å². The van der Waals surface area contributed by atoms with Gasteiger partial charge in [0, 0.05) is 30.1 Å². The SMILES string of the molecule is CCC(=O)N1CCC[C@@H](c2nc(-c3ccc(Cl)cc3)no2)C1. The molecule has 0 spiro atoms. The molecule has 22 heavy (non-hydrogen) atoms. The molecule has 1 amide bonds. The Hall–Kier alpha value is -1.88. The highest BCUT2D eigenvalue weighted by Gasteiger charge is 2.28. The van der Waals surface area contributed by atoms with Crippen LogP contribution in [0.1, 0.15) is 38.0 Å². The third-order valence-corrected chi connectivity index (χ3v) is 4.22. The minimum atomic E-state index is 0.123. The maximum absolute atomic E-state index is 11.8. The summed E-state index contributed by atoms with van der Waals surface area (Å²) in [6, 6.07) is 7.33. The Labute approximate surface area is 134 Å². The predicted molar refractivity (Wildman–Crippen MR) is 83.6 cm³/mol. The molecule has 0 saturated carbocycles. The fourth-order valence-corrected chi connectivity index (χ4v) is 2.87. The van der Waals surface area contributed by atoms with Crippen LogP contribution < -0.4 is 0 Å². The number of rotatable bonds is 3. The Kier molecular flexibility index (Phi) is 4.43. The predicted octanol–water partition coefficient (Wildman–Crippen LogP) is 3.51. The van der Waals surface area contributed by atoms with E-state index in [-0.39, 0.29) is 11.8 Å². The van der Waals surface area contributed by atoms with E-state index >= 15 is 0 Å². The Balaban J connectivity index is 1.75. The van der Waals surface area contributed by atoms with E-state index in [1.807, 2.05) is 24.0 Å². The third kappa shape index (κ3) is 3.14. The molecule has 0 radical (unpaired) electrons. The van der Waals surface area contributed by atoms with Crippen molar-refractivity contribution in [1.82, 2.24) is 15.0 Å². The van der Waals surface area contributed by atoms with Gasteiger partial charge >= 0.3 is 0 Å². The summed E-state index contributed by atoms with van der Waals surface area (Å²) in [7, 11) is 0. The van der Waals surface area contributed by atoms with Crippen molar-refractivity contribution in [1.29, 1.82) is 0 Å². The van der Waals surface area contributed by atoms with Crippen molar-refractivity contribution in [3.8, 4) is 11.4 Å². The molecule has 1 atom stereocenters. The van der Waals surface area contributed by atoms with Gasteiger partial charge in [-0.05, 0) is 37.1 Å². The largest absolute Gasteiger partial charge is 0.342 e. The van der Waals surface area contributed by atoms with Crippen LogP contribution >= 0.6 is 11.6 Å². The number of benzene rings is 1. The van der Waals surface area contributed by atoms with Gasteiger partial charge in [0.2, 0.25) is 17.6 Å². The highest BCUT2D eigenvalue weighted by atomic mass is 35.5. The zero-order valence-electron chi connectivity index (χ0n) is 12.5. The first-order valence-corrected chi connectivity index (χ1v) is 7.92. The van der Waals surface area contributed by atoms with Crippen molar-refractivity contribution in [2.75, 3.05) is 13.1 Å². The summed E-state index contributed by atoms with van der Waals surface area (Å²) >= 11 is 5.88. The van der Waals surface area contributed by atoms with E-state index in [2.05, 4.69) is 10.1 Å². The summed E-state index contributed by atoms with van der Waals surface area (Å²) in [5, 5.41) is 4.72. The molecule has 1 fully saturated rings. The summed E-state index contributed by atoms with van der Waals surface area (Å²) in [6.45, 7) is 3.37. The molecule has 0 bridgehead atoms. The van der Waals surface area contributed by atoms with E-state index in [0.29, 0.717) is 29.7 Å². The second-order valence-corrected chi connectivity index (χ2v) is 5.93. The van der Waals surface area contributed by atoms with Crippen LogP contribution in [0.4, 0.5) is 0 Å². The second-order valence-electron chi connectivity index (χ2n) is 5.50. The van der Waals surface area contributed by atoms with Crippen molar-refractivity contribution < 1.29 is 9.32 Å². The zero-order valence-corrected chi connectivity index (χ0v) is 13.2. The fraction of sp³-hybridized carbons (Fsp3) is 0.438. The van der Waals surface area contributed by atoms with E-state index in [9.17, 15) is 4.79 Å². The van der Waals surface area contributed by atoms with Gasteiger partial charge in [-0.25, -0.2) is 0 Å². The van der Waals surface area contributed by atoms with Crippen LogP contribution in [0.25, 0.3) is 11.4 Å². The number of hydrogen-bond donors (Lipinski definition) is 0. The van der Waals surface area contributed by atoms with Gasteiger partial charge in [0.25, 0.3) is 0 Å². The molecule has 3 rings (SSSR count). The molecule has 116 valence electrons. The molecule has 2 heterocycles. The molecule has 1 aromatic carbocycles. The minimum absolute atomic E-state index is 0.123. The average molecular weight is 320 g/mol. The maximum atomic E-state index is 11.8. The normalized spacial score (nSPS) is 18.5. The van der Waals surface area contributed by atoms with E-state index in [1.165, 1.54) is 0 Å². The Morgan fingerprint density at radius 2 is 2.18 bits per heavy atom. The van der Waals surface area contributed by atoms with Gasteiger partial charge in [-0.3, -0.25) is 4.79 Å². The number of nitrogens with zero attached hydrogens (tertiary/aromatic N) is 3. The van der Waals surface area contributed by atoms with Crippen LogP contribution in [0.3, 0.4) is 0 Å². The van der Waals surface area contributed by atoms with Crippen LogP contribution in [-0.4, -0.2) is 34.0 Å². The molecule has 2 aromatic rings. The highest BCUT2D eigenvalue weighted by Crippen LogP contribution is 2.28. The van der Waals surface area contributed by atoms with Crippen molar-refractivity contribution in [2.45, 2.75) is 32.1 Å². The van der Waals surface area contributed by atoms with E-state index in [1.54, 1.807) is 12.1 Å². The number of carbonyl (C=O) groups excluding carboxylic acids is 1. The summed E-state index contributed by atoms with van der Waals surface area (Å²) < 4.78 is 5.42. The lowest BCUT2D eigenvalue weighted by molar-refractivity contribution is -0.132. The second kappa shape index (κ2) is 6.48. The molecule has 1 aliphatic rings. The standard InChI is InChI=1S/C16H18ClN3O2/c1-2-14(21)20-9-3-4-12(10-20)16-18-15(19-22-16)11-5-7-13(17)8-6-11/h5-8,12H,2-4,9-10H2,1H3/t12-/m1/s1. The lowest BCUT2D eigenvalue weighted by Gasteiger charge is -2.30. The van der Waals surface area contributed by atoms with Gasteiger partial charge in [0.1, 0.15) is 0 Å². The molecule has 5 nitrogen and oxygen atoms in total. The lowest BCUT2D eigenvalue weighted by atomic mass is 9.97. The number of hydrogen-bond acceptors (Lipinski definition) is 4. The van der Waals surface area contributed by atoms with Crippen LogP contribution in [0.2, 0.25) is 5.02 Å². The summed E-state index contributed by atoms with van der Waals surface area (Å²) in [6.07, 6.45) is 2.47. The summed E-state index contributed by atoms with van der Waals surface area (Å²) in [5.41, 5.74) is 0.872. The van der Waals surface area contributed by atoms with Gasteiger partial charge in [0.05, 0.1) is 5.92 Å². The number of halogens is 1. The minimum Gasteiger partial charge on any atom is -0.342 e. The molecule has 1 saturated heterocycles. The first kappa shape index (κ1) is 15.0. The first-order chi connectivity index (χ1) is 10.7. The molecular formula is C16H18ClN3O2. The maximum Gasteiger partial charge on any atom is 0.231 e. The van der Waals surface area contributed by atoms with Gasteiger partial charge in [-0.1, -0.05) is 23.7 Å². The molecular weight excluding hydrogens is 302 g/mol. The van der Waals surface area contributed by atoms with Gasteiger partial charge in [-0.2, -0.15) is 4.98 Å². The third-order valence-electron chi connectivity index (χ3n) is 3.97. The molecule has 1 aliphatic heterocycles. The Morgan fingerprint density at radius 1 is 1.41 bits per heavy atom. The highest BCUT2D eigenvalue weighted by molar-refractivity contribution is 6.30. The van der Waals surface area contributed by atoms with Crippen molar-refractivity contribution in [3.63, 3.8) is 0 Å². The van der Waals surface area contributed by atoms with E-state index < -0.39 is 0 Å². The summed E-state index contributed by atoms with van der Waals surface area (Å²) in [4.78, 5) is 18.2. The van der Waals surface area contributed by atoms with Gasteiger partial charge in [-0.15, -0.1) is 0 Å². The van der Waals surface area contributed by atoms with Crippen LogP contribution in [0.5, 0.6) is 0 Å². The number of aromatic nitrogens is 2. The van der Waals surface area contributed by atoms with Crippen LogP contribution in [0.15, 0.2) is 28.8 Å². The quantitative estimate of drug-likeness (QED) is 0.868. The lowest BCUT2D eigenvalue weighted by Crippen LogP contribution is -2.38. The van der Waals surface area contributed by atoms with Crippen LogP contribution in [0, 0.1) is 0 Å². The Morgan fingerprint density at radius 3 is 2.91 bits per heavy atom. The number of amides is 1. The molecule has 0 aliphatic carbocycles. The fourth-order valence-electron chi connectivity index (χ4n) is 2.75.